The maximum atomic E-state index is 13.2. The average Bonchev–Trinajstić information content (AvgIpc) is 3.18. The quantitative estimate of drug-likeness (QED) is 0.666. The van der Waals surface area contributed by atoms with E-state index in [9.17, 15) is 9.59 Å². The highest BCUT2D eigenvalue weighted by Gasteiger charge is 2.37. The Hall–Kier alpha value is -3.22. The topological polar surface area (TPSA) is 68.3 Å². The van der Waals surface area contributed by atoms with E-state index in [-0.39, 0.29) is 24.2 Å². The molecule has 1 unspecified atom stereocenters. The molecule has 0 spiro atoms. The lowest BCUT2D eigenvalue weighted by Crippen LogP contribution is -2.37. The van der Waals surface area contributed by atoms with Crippen LogP contribution in [0.15, 0.2) is 42.5 Å². The molecule has 1 fully saturated rings. The van der Waals surface area contributed by atoms with Gasteiger partial charge in [0.25, 0.3) is 0 Å². The van der Waals surface area contributed by atoms with Crippen LogP contribution < -0.4 is 19.1 Å². The molecule has 2 aromatic rings. The molecular formula is C23H28N2O5. The van der Waals surface area contributed by atoms with Gasteiger partial charge in [0.05, 0.1) is 27.2 Å². The zero-order valence-electron chi connectivity index (χ0n) is 17.9. The largest absolute Gasteiger partial charge is 0.497 e. The molecular weight excluding hydrogens is 384 g/mol. The highest BCUT2D eigenvalue weighted by atomic mass is 16.5. The molecule has 0 aliphatic carbocycles. The van der Waals surface area contributed by atoms with Gasteiger partial charge >= 0.3 is 0 Å². The molecule has 0 saturated carbocycles. The summed E-state index contributed by atoms with van der Waals surface area (Å²) < 4.78 is 15.8. The van der Waals surface area contributed by atoms with Crippen molar-refractivity contribution in [2.75, 3.05) is 39.3 Å². The number of nitrogens with zero attached hydrogens (tertiary/aromatic N) is 2. The van der Waals surface area contributed by atoms with E-state index in [1.54, 1.807) is 31.1 Å². The second-order valence-electron chi connectivity index (χ2n) is 7.15. The monoisotopic (exact) mass is 412 g/mol. The molecule has 1 saturated heterocycles. The maximum absolute atomic E-state index is 13.2. The van der Waals surface area contributed by atoms with E-state index in [0.717, 1.165) is 17.0 Å². The lowest BCUT2D eigenvalue weighted by atomic mass is 10.1. The minimum Gasteiger partial charge on any atom is -0.497 e. The molecule has 1 atom stereocenters. The minimum atomic E-state index is -0.361. The molecule has 0 radical (unpaired) electrons. The highest BCUT2D eigenvalue weighted by molar-refractivity contribution is 6.00. The summed E-state index contributed by atoms with van der Waals surface area (Å²) in [4.78, 5) is 29.2. The van der Waals surface area contributed by atoms with Crippen molar-refractivity contribution in [1.82, 2.24) is 4.90 Å². The van der Waals surface area contributed by atoms with Gasteiger partial charge in [-0.25, -0.2) is 0 Å². The molecule has 7 nitrogen and oxygen atoms in total. The van der Waals surface area contributed by atoms with E-state index in [2.05, 4.69) is 0 Å². The molecule has 160 valence electrons. The minimum absolute atomic E-state index is 0.0170. The van der Waals surface area contributed by atoms with Crippen molar-refractivity contribution >= 4 is 17.5 Å². The third kappa shape index (κ3) is 4.50. The number of hydrogen-bond donors (Lipinski definition) is 0. The Balaban J connectivity index is 1.70. The van der Waals surface area contributed by atoms with Gasteiger partial charge in [0, 0.05) is 31.7 Å². The van der Waals surface area contributed by atoms with Crippen LogP contribution in [0.3, 0.4) is 0 Å². The van der Waals surface area contributed by atoms with Crippen molar-refractivity contribution < 1.29 is 23.8 Å². The maximum Gasteiger partial charge on any atom is 0.228 e. The lowest BCUT2D eigenvalue weighted by Gasteiger charge is -2.25. The number of hydrogen-bond acceptors (Lipinski definition) is 5. The predicted octanol–water partition coefficient (Wildman–Crippen LogP) is 3.11. The number of ether oxygens (including phenoxy) is 3. The molecule has 0 N–H and O–H groups in total. The zero-order valence-corrected chi connectivity index (χ0v) is 17.9. The van der Waals surface area contributed by atoms with Gasteiger partial charge in [-0.05, 0) is 48.9 Å². The van der Waals surface area contributed by atoms with Crippen molar-refractivity contribution in [1.29, 1.82) is 0 Å². The number of amides is 2. The summed E-state index contributed by atoms with van der Waals surface area (Å²) >= 11 is 0. The molecule has 0 aromatic heterocycles. The molecule has 30 heavy (non-hydrogen) atoms. The summed E-state index contributed by atoms with van der Waals surface area (Å²) in [5.74, 6) is 1.58. The second kappa shape index (κ2) is 9.52. The van der Waals surface area contributed by atoms with E-state index in [1.807, 2.05) is 49.4 Å². The Bertz CT molecular complexity index is 897. The van der Waals surface area contributed by atoms with Gasteiger partial charge in [-0.1, -0.05) is 6.07 Å². The smallest absolute Gasteiger partial charge is 0.228 e. The van der Waals surface area contributed by atoms with Crippen LogP contribution in [0.1, 0.15) is 18.9 Å². The molecule has 1 aliphatic rings. The van der Waals surface area contributed by atoms with E-state index in [4.69, 9.17) is 14.2 Å². The standard InChI is InChI=1S/C23H28N2O5/c1-5-24(14-16-6-11-20(29-3)21(12-16)30-4)23(27)17-13-22(26)25(15-17)18-7-9-19(28-2)10-8-18/h6-12,17H,5,13-15H2,1-4H3. The summed E-state index contributed by atoms with van der Waals surface area (Å²) in [6, 6.07) is 12.9. The lowest BCUT2D eigenvalue weighted by molar-refractivity contribution is -0.136. The molecule has 1 heterocycles. The van der Waals surface area contributed by atoms with Crippen molar-refractivity contribution in [3.63, 3.8) is 0 Å². The fourth-order valence-corrected chi connectivity index (χ4v) is 3.69. The fraction of sp³-hybridized carbons (Fsp3) is 0.391. The first-order valence-electron chi connectivity index (χ1n) is 9.94. The van der Waals surface area contributed by atoms with Gasteiger partial charge < -0.3 is 24.0 Å². The van der Waals surface area contributed by atoms with Crippen molar-refractivity contribution in [2.45, 2.75) is 19.9 Å². The number of carbonyl (C=O) groups is 2. The molecule has 0 bridgehead atoms. The summed E-state index contributed by atoms with van der Waals surface area (Å²) in [5, 5.41) is 0. The zero-order chi connectivity index (χ0) is 21.7. The average molecular weight is 412 g/mol. The van der Waals surface area contributed by atoms with Gasteiger partial charge in [-0.3, -0.25) is 9.59 Å². The van der Waals surface area contributed by atoms with Crippen LogP contribution in [0.25, 0.3) is 0 Å². The Morgan fingerprint density at radius 2 is 1.73 bits per heavy atom. The molecule has 3 rings (SSSR count). The molecule has 2 amide bonds. The highest BCUT2D eigenvalue weighted by Crippen LogP contribution is 2.30. The molecule has 2 aromatic carbocycles. The number of rotatable bonds is 8. The summed E-state index contributed by atoms with van der Waals surface area (Å²) in [6.45, 7) is 3.33. The van der Waals surface area contributed by atoms with Crippen molar-refractivity contribution in [3.05, 3.63) is 48.0 Å². The fourth-order valence-electron chi connectivity index (χ4n) is 3.69. The predicted molar refractivity (Wildman–Crippen MR) is 114 cm³/mol. The number of anilines is 1. The van der Waals surface area contributed by atoms with Gasteiger partial charge in [0.1, 0.15) is 5.75 Å². The summed E-state index contributed by atoms with van der Waals surface area (Å²) in [6.07, 6.45) is 0.216. The van der Waals surface area contributed by atoms with Gasteiger partial charge in [0.2, 0.25) is 11.8 Å². The third-order valence-electron chi connectivity index (χ3n) is 5.37. The summed E-state index contributed by atoms with van der Waals surface area (Å²) in [5.41, 5.74) is 1.72. The number of benzene rings is 2. The Morgan fingerprint density at radius 1 is 1.03 bits per heavy atom. The first-order valence-corrected chi connectivity index (χ1v) is 9.94. The van der Waals surface area contributed by atoms with Gasteiger partial charge in [0.15, 0.2) is 11.5 Å². The Kier molecular flexibility index (Phi) is 6.82. The SMILES string of the molecule is CCN(Cc1ccc(OC)c(OC)c1)C(=O)C1CC(=O)N(c2ccc(OC)cc2)C1. The van der Waals surface area contributed by atoms with Gasteiger partial charge in [-0.2, -0.15) is 0 Å². The van der Waals surface area contributed by atoms with Crippen LogP contribution in [0.2, 0.25) is 0 Å². The Morgan fingerprint density at radius 3 is 2.33 bits per heavy atom. The van der Waals surface area contributed by atoms with E-state index in [0.29, 0.717) is 31.1 Å². The van der Waals surface area contributed by atoms with E-state index >= 15 is 0 Å². The molecule has 1 aliphatic heterocycles. The van der Waals surface area contributed by atoms with Crippen LogP contribution in [0.4, 0.5) is 5.69 Å². The van der Waals surface area contributed by atoms with Crippen LogP contribution in [0, 0.1) is 5.92 Å². The first-order chi connectivity index (χ1) is 14.5. The normalized spacial score (nSPS) is 15.8. The second-order valence-corrected chi connectivity index (χ2v) is 7.15. The molecule has 7 heteroatoms. The van der Waals surface area contributed by atoms with E-state index in [1.165, 1.54) is 0 Å². The number of carbonyl (C=O) groups excluding carboxylic acids is 2. The van der Waals surface area contributed by atoms with Crippen LogP contribution in [-0.4, -0.2) is 51.1 Å². The van der Waals surface area contributed by atoms with Crippen LogP contribution >= 0.6 is 0 Å². The van der Waals surface area contributed by atoms with E-state index < -0.39 is 0 Å². The van der Waals surface area contributed by atoms with Crippen molar-refractivity contribution in [2.24, 2.45) is 5.92 Å². The van der Waals surface area contributed by atoms with Gasteiger partial charge in [-0.15, -0.1) is 0 Å². The Labute approximate surface area is 177 Å². The number of methoxy groups -OCH3 is 3. The van der Waals surface area contributed by atoms with Crippen molar-refractivity contribution in [3.8, 4) is 17.2 Å². The summed E-state index contributed by atoms with van der Waals surface area (Å²) in [7, 11) is 4.77. The van der Waals surface area contributed by atoms with Crippen LogP contribution in [0.5, 0.6) is 17.2 Å². The van der Waals surface area contributed by atoms with Crippen LogP contribution in [-0.2, 0) is 16.1 Å². The third-order valence-corrected chi connectivity index (χ3v) is 5.37. The first kappa shape index (κ1) is 21.5.